The molecule has 0 saturated carbocycles. The molecule has 2 aromatic carbocycles. The van der Waals surface area contributed by atoms with E-state index < -0.39 is 18.2 Å². The monoisotopic (exact) mass is 515 g/mol. The number of nitrogens with zero attached hydrogens (tertiary/aromatic N) is 1. The number of carbonyl (C=O) groups is 3. The first-order chi connectivity index (χ1) is 18.0. The predicted molar refractivity (Wildman–Crippen MR) is 139 cm³/mol. The number of furan rings is 1. The normalized spacial score (nSPS) is 16.9. The van der Waals surface area contributed by atoms with Gasteiger partial charge in [0.2, 0.25) is 5.91 Å². The largest absolute Gasteiger partial charge is 0.467 e. The highest BCUT2D eigenvalue weighted by Gasteiger charge is 2.47. The van der Waals surface area contributed by atoms with Gasteiger partial charge in [0.1, 0.15) is 5.76 Å². The summed E-state index contributed by atoms with van der Waals surface area (Å²) in [6, 6.07) is 20.9. The van der Waals surface area contributed by atoms with Gasteiger partial charge in [-0.2, -0.15) is 0 Å². The third-order valence-electron chi connectivity index (χ3n) is 6.21. The predicted octanol–water partition coefficient (Wildman–Crippen LogP) is 5.28. The first kappa shape index (κ1) is 24.3. The fourth-order valence-corrected chi connectivity index (χ4v) is 4.85. The maximum atomic E-state index is 13.4. The lowest BCUT2D eigenvalue weighted by molar-refractivity contribution is -0.126. The molecule has 2 atom stereocenters. The Morgan fingerprint density at radius 2 is 1.81 bits per heavy atom. The van der Waals surface area contributed by atoms with Crippen LogP contribution in [0.5, 0.6) is 0 Å². The molecular formula is C28H25N3O5S. The molecule has 1 fully saturated rings. The summed E-state index contributed by atoms with van der Waals surface area (Å²) in [4.78, 5) is 40.9. The molecule has 1 saturated heterocycles. The minimum atomic E-state index is -0.895. The summed E-state index contributed by atoms with van der Waals surface area (Å²) in [5, 5.41) is 7.56. The van der Waals surface area contributed by atoms with E-state index in [1.54, 1.807) is 42.5 Å². The van der Waals surface area contributed by atoms with E-state index >= 15 is 0 Å². The van der Waals surface area contributed by atoms with Gasteiger partial charge in [-0.25, -0.2) is 4.79 Å². The number of rotatable bonds is 8. The fraction of sp³-hybridized carbons (Fsp3) is 0.179. The minimum absolute atomic E-state index is 0.190. The third-order valence-corrected chi connectivity index (χ3v) is 7.08. The Bertz CT molecular complexity index is 1380. The number of hydrogen-bond donors (Lipinski definition) is 2. The molecule has 0 radical (unpaired) electrons. The van der Waals surface area contributed by atoms with Gasteiger partial charge in [0.05, 0.1) is 24.2 Å². The summed E-state index contributed by atoms with van der Waals surface area (Å²) in [5.74, 6) is 0.0528. The van der Waals surface area contributed by atoms with Gasteiger partial charge >= 0.3 is 6.09 Å². The van der Waals surface area contributed by atoms with Crippen LogP contribution in [0.1, 0.15) is 38.2 Å². The van der Waals surface area contributed by atoms with Gasteiger partial charge in [-0.05, 0) is 59.3 Å². The van der Waals surface area contributed by atoms with Crippen molar-refractivity contribution in [1.82, 2.24) is 10.2 Å². The Morgan fingerprint density at radius 1 is 1.00 bits per heavy atom. The molecule has 3 amide bonds. The number of hydrogen-bond acceptors (Lipinski definition) is 6. The zero-order valence-corrected chi connectivity index (χ0v) is 20.9. The lowest BCUT2D eigenvalue weighted by atomic mass is 9.99. The molecule has 1 aliphatic heterocycles. The van der Waals surface area contributed by atoms with Gasteiger partial charge in [0.25, 0.3) is 5.91 Å². The highest BCUT2D eigenvalue weighted by molar-refractivity contribution is 7.12. The van der Waals surface area contributed by atoms with Crippen LogP contribution in [0.25, 0.3) is 0 Å². The molecule has 188 valence electrons. The van der Waals surface area contributed by atoms with Gasteiger partial charge in [0.15, 0.2) is 12.1 Å². The maximum Gasteiger partial charge on any atom is 0.411 e. The van der Waals surface area contributed by atoms with E-state index in [4.69, 9.17) is 9.15 Å². The van der Waals surface area contributed by atoms with Crippen LogP contribution in [0.2, 0.25) is 0 Å². The molecule has 9 heteroatoms. The zero-order valence-electron chi connectivity index (χ0n) is 20.0. The van der Waals surface area contributed by atoms with Crippen LogP contribution in [0.15, 0.2) is 88.9 Å². The lowest BCUT2D eigenvalue weighted by Gasteiger charge is -2.24. The van der Waals surface area contributed by atoms with Gasteiger partial charge in [-0.15, -0.1) is 11.3 Å². The number of thiophene rings is 1. The molecule has 8 nitrogen and oxygen atoms in total. The van der Waals surface area contributed by atoms with Crippen LogP contribution in [-0.2, 0) is 22.6 Å². The van der Waals surface area contributed by atoms with Crippen molar-refractivity contribution in [1.29, 1.82) is 0 Å². The van der Waals surface area contributed by atoms with Crippen molar-refractivity contribution in [2.24, 2.45) is 0 Å². The van der Waals surface area contributed by atoms with Crippen LogP contribution in [0.4, 0.5) is 10.5 Å². The highest BCUT2D eigenvalue weighted by Crippen LogP contribution is 2.35. The Morgan fingerprint density at radius 3 is 2.51 bits per heavy atom. The fourth-order valence-electron chi connectivity index (χ4n) is 4.23. The van der Waals surface area contributed by atoms with Crippen LogP contribution in [0.3, 0.4) is 0 Å². The molecule has 37 heavy (non-hydrogen) atoms. The maximum absolute atomic E-state index is 13.4. The van der Waals surface area contributed by atoms with Gasteiger partial charge < -0.3 is 19.8 Å². The molecule has 4 aromatic rings. The number of aryl methyl sites for hydroxylation is 1. The Kier molecular flexibility index (Phi) is 7.04. The number of benzene rings is 2. The summed E-state index contributed by atoms with van der Waals surface area (Å²) in [6.45, 7) is 2.38. The second kappa shape index (κ2) is 10.7. The van der Waals surface area contributed by atoms with E-state index in [2.05, 4.69) is 10.6 Å². The number of cyclic esters (lactones) is 1. The first-order valence-electron chi connectivity index (χ1n) is 11.8. The smallest absolute Gasteiger partial charge is 0.411 e. The van der Waals surface area contributed by atoms with Crippen molar-refractivity contribution in [2.45, 2.75) is 32.2 Å². The van der Waals surface area contributed by atoms with Crippen molar-refractivity contribution in [3.05, 3.63) is 112 Å². The zero-order chi connectivity index (χ0) is 25.8. The van der Waals surface area contributed by atoms with E-state index in [0.717, 1.165) is 11.1 Å². The van der Waals surface area contributed by atoms with Crippen molar-refractivity contribution in [3.8, 4) is 0 Å². The second-order valence-corrected chi connectivity index (χ2v) is 9.60. The number of amides is 3. The highest BCUT2D eigenvalue weighted by atomic mass is 32.1. The van der Waals surface area contributed by atoms with E-state index in [1.165, 1.54) is 22.5 Å². The van der Waals surface area contributed by atoms with Gasteiger partial charge in [-0.1, -0.05) is 42.5 Å². The van der Waals surface area contributed by atoms with Crippen LogP contribution >= 0.6 is 11.3 Å². The Balaban J connectivity index is 1.38. The molecule has 3 heterocycles. The molecule has 1 aliphatic rings. The SMILES string of the molecule is Cc1ccccc1CN1C(=O)O[C@@H](c2ccc(NC(=O)c3cccs3)cc2)[C@@H]1C(=O)NCc1ccco1. The Hall–Kier alpha value is -4.37. The van der Waals surface area contributed by atoms with E-state index in [9.17, 15) is 14.4 Å². The van der Waals surface area contributed by atoms with Crippen molar-refractivity contribution < 1.29 is 23.5 Å². The minimum Gasteiger partial charge on any atom is -0.467 e. The first-order valence-corrected chi connectivity index (χ1v) is 12.6. The molecule has 0 bridgehead atoms. The molecule has 0 unspecified atom stereocenters. The summed E-state index contributed by atoms with van der Waals surface area (Å²) in [5.41, 5.74) is 3.19. The van der Waals surface area contributed by atoms with Crippen LogP contribution in [0, 0.1) is 6.92 Å². The molecule has 2 N–H and O–H groups in total. The second-order valence-electron chi connectivity index (χ2n) is 8.65. The van der Waals surface area contributed by atoms with Crippen molar-refractivity contribution in [3.63, 3.8) is 0 Å². The molecule has 0 spiro atoms. The van der Waals surface area contributed by atoms with E-state index in [0.29, 0.717) is 21.9 Å². The summed E-state index contributed by atoms with van der Waals surface area (Å²) in [7, 11) is 0. The van der Waals surface area contributed by atoms with Crippen molar-refractivity contribution >= 4 is 34.9 Å². The number of anilines is 1. The summed E-state index contributed by atoms with van der Waals surface area (Å²) >= 11 is 1.36. The average Bonchev–Trinajstić information content (AvgIpc) is 3.67. The molecule has 2 aromatic heterocycles. The van der Waals surface area contributed by atoms with Crippen LogP contribution < -0.4 is 10.6 Å². The van der Waals surface area contributed by atoms with Crippen molar-refractivity contribution in [2.75, 3.05) is 5.32 Å². The third kappa shape index (κ3) is 5.41. The lowest BCUT2D eigenvalue weighted by Crippen LogP contribution is -2.46. The summed E-state index contributed by atoms with van der Waals surface area (Å²) < 4.78 is 11.1. The van der Waals surface area contributed by atoms with Gasteiger partial charge in [-0.3, -0.25) is 14.5 Å². The Labute approximate surface area is 217 Å². The standard InChI is InChI=1S/C28H25N3O5S/c1-18-6-2-3-7-20(18)17-31-24(27(33)29-16-22-8-4-14-35-22)25(36-28(31)34)19-10-12-21(13-11-19)30-26(32)23-9-5-15-37-23/h2-15,24-25H,16-17H2,1H3,(H,29,33)(H,30,32)/t24-,25+/m1/s1. The van der Waals surface area contributed by atoms with E-state index in [1.807, 2.05) is 42.6 Å². The molecule has 0 aliphatic carbocycles. The molecule has 5 rings (SSSR count). The number of carbonyl (C=O) groups excluding carboxylic acids is 3. The van der Waals surface area contributed by atoms with E-state index in [-0.39, 0.29) is 24.9 Å². The molecular weight excluding hydrogens is 490 g/mol. The van der Waals surface area contributed by atoms with Gasteiger partial charge in [0, 0.05) is 5.69 Å². The van der Waals surface area contributed by atoms with Crippen LogP contribution in [-0.4, -0.2) is 28.8 Å². The summed E-state index contributed by atoms with van der Waals surface area (Å²) in [6.07, 6.45) is 0.145. The average molecular weight is 516 g/mol. The quantitative estimate of drug-likeness (QED) is 0.333. The number of ether oxygens (including phenoxy) is 1. The number of nitrogens with one attached hydrogen (secondary N) is 2. The topological polar surface area (TPSA) is 101 Å².